The van der Waals surface area contributed by atoms with E-state index in [1.807, 2.05) is 0 Å². The molecule has 102 valence electrons. The van der Waals surface area contributed by atoms with Crippen LogP contribution in [0.3, 0.4) is 0 Å². The van der Waals surface area contributed by atoms with Crippen molar-refractivity contribution in [2.75, 3.05) is 0 Å². The first kappa shape index (κ1) is 14.8. The van der Waals surface area contributed by atoms with Gasteiger partial charge < -0.3 is 5.32 Å². The molecule has 0 radical (unpaired) electrons. The fourth-order valence-electron chi connectivity index (χ4n) is 1.98. The molecular formula is C16H20BrNS. The highest BCUT2D eigenvalue weighted by atomic mass is 79.9. The minimum Gasteiger partial charge on any atom is -0.305 e. The van der Waals surface area contributed by atoms with E-state index in [9.17, 15) is 0 Å². The molecule has 0 fully saturated rings. The summed E-state index contributed by atoms with van der Waals surface area (Å²) in [5.41, 5.74) is 2.74. The van der Waals surface area contributed by atoms with Crippen LogP contribution in [0.25, 0.3) is 0 Å². The maximum Gasteiger partial charge on any atom is 0.0327 e. The molecule has 2 rings (SSSR count). The zero-order valence-corrected chi connectivity index (χ0v) is 14.0. The topological polar surface area (TPSA) is 12.0 Å². The fraction of sp³-hybridized carbons (Fsp3) is 0.375. The van der Waals surface area contributed by atoms with Crippen LogP contribution in [-0.4, -0.2) is 0 Å². The lowest BCUT2D eigenvalue weighted by molar-refractivity contribution is 0.578. The summed E-state index contributed by atoms with van der Waals surface area (Å²) >= 11 is 5.35. The molecule has 0 bridgehead atoms. The van der Waals surface area contributed by atoms with Gasteiger partial charge in [0, 0.05) is 21.9 Å². The maximum atomic E-state index is 3.57. The Balaban J connectivity index is 1.96. The number of halogens is 1. The average molecular weight is 338 g/mol. The number of hydrogen-bond donors (Lipinski definition) is 1. The summed E-state index contributed by atoms with van der Waals surface area (Å²) in [5.74, 6) is 0.597. The minimum atomic E-state index is 0.371. The van der Waals surface area contributed by atoms with Gasteiger partial charge >= 0.3 is 0 Å². The highest BCUT2D eigenvalue weighted by molar-refractivity contribution is 9.10. The lowest BCUT2D eigenvalue weighted by atomic mass is 9.99. The molecule has 0 amide bonds. The van der Waals surface area contributed by atoms with E-state index < -0.39 is 0 Å². The van der Waals surface area contributed by atoms with Crippen molar-refractivity contribution in [2.24, 2.45) is 0 Å². The third-order valence-electron chi connectivity index (χ3n) is 3.36. The van der Waals surface area contributed by atoms with E-state index in [-0.39, 0.29) is 0 Å². The zero-order valence-electron chi connectivity index (χ0n) is 11.6. The second-order valence-electron chi connectivity index (χ2n) is 5.12. The Labute approximate surface area is 128 Å². The lowest BCUT2D eigenvalue weighted by Crippen LogP contribution is -2.17. The second kappa shape index (κ2) is 6.69. The monoisotopic (exact) mass is 337 g/mol. The fourth-order valence-corrected chi connectivity index (χ4v) is 3.43. The largest absolute Gasteiger partial charge is 0.305 e. The Morgan fingerprint density at radius 2 is 1.68 bits per heavy atom. The summed E-state index contributed by atoms with van der Waals surface area (Å²) < 4.78 is 1.20. The predicted octanol–water partition coefficient (Wildman–Crippen LogP) is 5.48. The van der Waals surface area contributed by atoms with Crippen LogP contribution < -0.4 is 5.32 Å². The van der Waals surface area contributed by atoms with Gasteiger partial charge in [0.2, 0.25) is 0 Å². The highest BCUT2D eigenvalue weighted by Crippen LogP contribution is 2.24. The van der Waals surface area contributed by atoms with Gasteiger partial charge in [0.1, 0.15) is 0 Å². The van der Waals surface area contributed by atoms with Crippen LogP contribution in [-0.2, 0) is 6.54 Å². The van der Waals surface area contributed by atoms with E-state index >= 15 is 0 Å². The third kappa shape index (κ3) is 3.91. The maximum absolute atomic E-state index is 3.57. The van der Waals surface area contributed by atoms with Gasteiger partial charge in [-0.3, -0.25) is 0 Å². The molecule has 0 saturated carbocycles. The molecule has 1 heterocycles. The minimum absolute atomic E-state index is 0.371. The van der Waals surface area contributed by atoms with Crippen molar-refractivity contribution in [3.8, 4) is 0 Å². The van der Waals surface area contributed by atoms with Gasteiger partial charge in [0.15, 0.2) is 0 Å². The molecule has 0 aliphatic carbocycles. The quantitative estimate of drug-likeness (QED) is 0.761. The van der Waals surface area contributed by atoms with Crippen LogP contribution in [0.4, 0.5) is 0 Å². The first-order valence-corrected chi connectivity index (χ1v) is 8.30. The third-order valence-corrected chi connectivity index (χ3v) is 5.29. The molecule has 2 aromatic rings. The molecule has 0 saturated heterocycles. The molecule has 19 heavy (non-hydrogen) atoms. The van der Waals surface area contributed by atoms with Crippen LogP contribution in [0.15, 0.2) is 40.2 Å². The summed E-state index contributed by atoms with van der Waals surface area (Å²) in [6, 6.07) is 11.4. The van der Waals surface area contributed by atoms with Crippen LogP contribution in [0.5, 0.6) is 0 Å². The number of hydrogen-bond acceptors (Lipinski definition) is 2. The van der Waals surface area contributed by atoms with Gasteiger partial charge in [-0.1, -0.05) is 38.1 Å². The second-order valence-corrected chi connectivity index (χ2v) is 6.97. The summed E-state index contributed by atoms with van der Waals surface area (Å²) in [6.45, 7) is 7.58. The van der Waals surface area contributed by atoms with Crippen LogP contribution >= 0.6 is 27.3 Å². The van der Waals surface area contributed by atoms with Gasteiger partial charge in [-0.05, 0) is 51.3 Å². The van der Waals surface area contributed by atoms with Gasteiger partial charge in [-0.25, -0.2) is 0 Å². The molecular weight excluding hydrogens is 318 g/mol. The zero-order chi connectivity index (χ0) is 13.8. The Hall–Kier alpha value is -0.640. The molecule has 1 unspecified atom stereocenters. The van der Waals surface area contributed by atoms with Crippen molar-refractivity contribution in [3.05, 3.63) is 56.2 Å². The predicted molar refractivity (Wildman–Crippen MR) is 87.8 cm³/mol. The van der Waals surface area contributed by atoms with Crippen LogP contribution in [0.2, 0.25) is 0 Å². The first-order valence-electron chi connectivity index (χ1n) is 6.63. The van der Waals surface area contributed by atoms with Crippen molar-refractivity contribution in [3.63, 3.8) is 0 Å². The number of nitrogens with one attached hydrogen (secondary N) is 1. The molecule has 1 N–H and O–H groups in total. The van der Waals surface area contributed by atoms with Crippen molar-refractivity contribution in [1.29, 1.82) is 0 Å². The average Bonchev–Trinajstić information content (AvgIpc) is 2.81. The summed E-state index contributed by atoms with van der Waals surface area (Å²) in [4.78, 5) is 1.35. The van der Waals surface area contributed by atoms with E-state index in [1.165, 1.54) is 20.5 Å². The Kier molecular flexibility index (Phi) is 5.20. The molecule has 0 aliphatic heterocycles. The molecule has 1 nitrogen and oxygen atoms in total. The van der Waals surface area contributed by atoms with Gasteiger partial charge in [0.25, 0.3) is 0 Å². The molecule has 1 aromatic heterocycles. The Bertz CT molecular complexity index is 516. The van der Waals surface area contributed by atoms with Crippen LogP contribution in [0, 0.1) is 0 Å². The molecule has 1 aromatic carbocycles. The van der Waals surface area contributed by atoms with Gasteiger partial charge in [-0.15, -0.1) is 11.3 Å². The standard InChI is InChI=1S/C16H20BrNS/c1-11(2)13-4-6-14(7-5-13)12(3)18-10-16-15(17)8-9-19-16/h4-9,11-12,18H,10H2,1-3H3. The number of rotatable bonds is 5. The van der Waals surface area contributed by atoms with E-state index in [4.69, 9.17) is 0 Å². The molecule has 0 spiro atoms. The van der Waals surface area contributed by atoms with Crippen molar-refractivity contribution in [2.45, 2.75) is 39.3 Å². The highest BCUT2D eigenvalue weighted by Gasteiger charge is 2.07. The number of thiophene rings is 1. The van der Waals surface area contributed by atoms with Crippen molar-refractivity contribution in [1.82, 2.24) is 5.32 Å². The van der Waals surface area contributed by atoms with E-state index in [1.54, 1.807) is 11.3 Å². The Morgan fingerprint density at radius 1 is 1.05 bits per heavy atom. The number of benzene rings is 1. The molecule has 3 heteroatoms. The summed E-state index contributed by atoms with van der Waals surface area (Å²) in [6.07, 6.45) is 0. The van der Waals surface area contributed by atoms with Gasteiger partial charge in [-0.2, -0.15) is 0 Å². The van der Waals surface area contributed by atoms with E-state index in [2.05, 4.69) is 77.7 Å². The molecule has 0 aliphatic rings. The van der Waals surface area contributed by atoms with Crippen molar-refractivity contribution < 1.29 is 0 Å². The van der Waals surface area contributed by atoms with E-state index in [0.29, 0.717) is 12.0 Å². The summed E-state index contributed by atoms with van der Waals surface area (Å²) in [5, 5.41) is 5.69. The molecule has 1 atom stereocenters. The Morgan fingerprint density at radius 3 is 2.21 bits per heavy atom. The van der Waals surface area contributed by atoms with E-state index in [0.717, 1.165) is 6.54 Å². The smallest absolute Gasteiger partial charge is 0.0327 e. The van der Waals surface area contributed by atoms with Crippen LogP contribution in [0.1, 0.15) is 48.7 Å². The first-order chi connectivity index (χ1) is 9.08. The lowest BCUT2D eigenvalue weighted by Gasteiger charge is -2.15. The SMILES string of the molecule is CC(C)c1ccc(C(C)NCc2sccc2Br)cc1. The normalized spacial score (nSPS) is 12.9. The summed E-state index contributed by atoms with van der Waals surface area (Å²) in [7, 11) is 0. The van der Waals surface area contributed by atoms with Gasteiger partial charge in [0.05, 0.1) is 0 Å². The van der Waals surface area contributed by atoms with Crippen molar-refractivity contribution >= 4 is 27.3 Å².